The summed E-state index contributed by atoms with van der Waals surface area (Å²) in [6.45, 7) is 6.71. The molecule has 1 N–H and O–H groups in total. The van der Waals surface area contributed by atoms with Gasteiger partial charge in [-0.15, -0.1) is 15.3 Å². The number of aryl methyl sites for hydroxylation is 2. The van der Waals surface area contributed by atoms with Crippen LogP contribution in [0.25, 0.3) is 5.65 Å². The van der Waals surface area contributed by atoms with Crippen molar-refractivity contribution in [2.75, 3.05) is 29.9 Å². The van der Waals surface area contributed by atoms with Gasteiger partial charge in [-0.05, 0) is 26.0 Å². The highest BCUT2D eigenvalue weighted by molar-refractivity contribution is 7.09. The monoisotopic (exact) mass is 316 g/mol. The second-order valence-electron chi connectivity index (χ2n) is 5.51. The van der Waals surface area contributed by atoms with Crippen LogP contribution in [-0.2, 0) is 0 Å². The van der Waals surface area contributed by atoms with Crippen LogP contribution in [-0.4, -0.2) is 48.8 Å². The molecule has 3 aromatic heterocycles. The van der Waals surface area contributed by atoms with Crippen molar-refractivity contribution in [3.63, 3.8) is 0 Å². The summed E-state index contributed by atoms with van der Waals surface area (Å²) < 4.78 is 5.95. The van der Waals surface area contributed by atoms with Crippen LogP contribution in [0.2, 0.25) is 0 Å². The zero-order chi connectivity index (χ0) is 15.1. The number of hydrogen-bond donors (Lipinski definition) is 1. The summed E-state index contributed by atoms with van der Waals surface area (Å²) in [7, 11) is 0. The maximum atomic E-state index is 4.59. The fourth-order valence-corrected chi connectivity index (χ4v) is 3.12. The minimum Gasteiger partial charge on any atom is -0.360 e. The van der Waals surface area contributed by atoms with Crippen LogP contribution in [0.4, 0.5) is 10.9 Å². The normalized spacial score (nSPS) is 15.3. The summed E-state index contributed by atoms with van der Waals surface area (Å²) in [5.41, 5.74) is 0.784. The first-order valence-corrected chi connectivity index (χ1v) is 7.94. The first-order chi connectivity index (χ1) is 10.7. The quantitative estimate of drug-likeness (QED) is 0.772. The predicted molar refractivity (Wildman–Crippen MR) is 84.4 cm³/mol. The molecule has 1 saturated heterocycles. The molecule has 1 aliphatic rings. The van der Waals surface area contributed by atoms with Gasteiger partial charge in [-0.2, -0.15) is 8.89 Å². The summed E-state index contributed by atoms with van der Waals surface area (Å²) in [4.78, 5) is 6.57. The SMILES string of the molecule is Cc1nsc(NCC2CN(c3ccc4nnc(C)n4n3)C2)n1. The molecule has 0 aromatic carbocycles. The number of hydrogen-bond acceptors (Lipinski definition) is 8. The second kappa shape index (κ2) is 5.16. The van der Waals surface area contributed by atoms with Gasteiger partial charge in [0.05, 0.1) is 0 Å². The molecule has 0 unspecified atom stereocenters. The average molecular weight is 316 g/mol. The highest BCUT2D eigenvalue weighted by Gasteiger charge is 2.28. The molecular weight excluding hydrogens is 300 g/mol. The molecule has 0 amide bonds. The molecule has 3 aromatic rings. The average Bonchev–Trinajstić information content (AvgIpc) is 3.04. The standard InChI is InChI=1S/C13H16N8S/c1-8-15-13(22-19-8)14-5-10-6-20(7-10)12-4-3-11-17-16-9(2)21(11)18-12/h3-4,10H,5-7H2,1-2H3,(H,14,15,19). The lowest BCUT2D eigenvalue weighted by atomic mass is 10.0. The Morgan fingerprint density at radius 2 is 2.14 bits per heavy atom. The highest BCUT2D eigenvalue weighted by Crippen LogP contribution is 2.23. The van der Waals surface area contributed by atoms with Crippen LogP contribution in [0, 0.1) is 19.8 Å². The molecule has 8 nitrogen and oxygen atoms in total. The van der Waals surface area contributed by atoms with Crippen molar-refractivity contribution < 1.29 is 0 Å². The Morgan fingerprint density at radius 1 is 1.27 bits per heavy atom. The van der Waals surface area contributed by atoms with Crippen LogP contribution in [0.1, 0.15) is 11.6 Å². The van der Waals surface area contributed by atoms with E-state index >= 15 is 0 Å². The Morgan fingerprint density at radius 3 is 2.91 bits per heavy atom. The number of anilines is 2. The van der Waals surface area contributed by atoms with E-state index in [0.717, 1.165) is 47.9 Å². The number of fused-ring (bicyclic) bond motifs is 1. The van der Waals surface area contributed by atoms with E-state index in [1.165, 1.54) is 11.5 Å². The number of nitrogens with one attached hydrogen (secondary N) is 1. The Labute approximate surface area is 131 Å². The van der Waals surface area contributed by atoms with E-state index in [0.29, 0.717) is 5.92 Å². The van der Waals surface area contributed by atoms with E-state index in [4.69, 9.17) is 0 Å². The Hall–Kier alpha value is -2.29. The molecule has 0 spiro atoms. The Bertz CT molecular complexity index is 803. The molecule has 22 heavy (non-hydrogen) atoms. The van der Waals surface area contributed by atoms with E-state index in [2.05, 4.69) is 34.9 Å². The lowest BCUT2D eigenvalue weighted by Crippen LogP contribution is -2.50. The van der Waals surface area contributed by atoms with Gasteiger partial charge in [-0.1, -0.05) is 0 Å². The largest absolute Gasteiger partial charge is 0.360 e. The summed E-state index contributed by atoms with van der Waals surface area (Å²) in [5, 5.41) is 16.9. The molecule has 4 rings (SSSR count). The van der Waals surface area contributed by atoms with E-state index in [-0.39, 0.29) is 0 Å². The van der Waals surface area contributed by atoms with Crippen molar-refractivity contribution in [1.82, 2.24) is 29.2 Å². The molecule has 1 aliphatic heterocycles. The molecule has 4 heterocycles. The van der Waals surface area contributed by atoms with Crippen LogP contribution < -0.4 is 10.2 Å². The first kappa shape index (κ1) is 13.4. The molecule has 9 heteroatoms. The van der Waals surface area contributed by atoms with Gasteiger partial charge in [0, 0.05) is 37.1 Å². The number of nitrogens with zero attached hydrogens (tertiary/aromatic N) is 7. The summed E-state index contributed by atoms with van der Waals surface area (Å²) in [5.74, 6) is 3.20. The molecular formula is C13H16N8S. The van der Waals surface area contributed by atoms with Crippen molar-refractivity contribution >= 4 is 28.1 Å². The Balaban J connectivity index is 1.36. The van der Waals surface area contributed by atoms with Crippen molar-refractivity contribution in [1.29, 1.82) is 0 Å². The summed E-state index contributed by atoms with van der Waals surface area (Å²) in [6, 6.07) is 3.96. The van der Waals surface area contributed by atoms with Crippen LogP contribution >= 0.6 is 11.5 Å². The maximum absolute atomic E-state index is 4.59. The maximum Gasteiger partial charge on any atom is 0.202 e. The van der Waals surface area contributed by atoms with Crippen molar-refractivity contribution in [2.45, 2.75) is 13.8 Å². The fourth-order valence-electron chi connectivity index (χ4n) is 2.54. The van der Waals surface area contributed by atoms with Gasteiger partial charge in [0.1, 0.15) is 11.6 Å². The van der Waals surface area contributed by atoms with Crippen molar-refractivity contribution in [3.8, 4) is 0 Å². The molecule has 0 radical (unpaired) electrons. The van der Waals surface area contributed by atoms with Gasteiger partial charge in [0.2, 0.25) is 5.13 Å². The lowest BCUT2D eigenvalue weighted by molar-refractivity contribution is 0.425. The van der Waals surface area contributed by atoms with Gasteiger partial charge < -0.3 is 10.2 Å². The van der Waals surface area contributed by atoms with Gasteiger partial charge in [0.15, 0.2) is 11.5 Å². The molecule has 0 aliphatic carbocycles. The van der Waals surface area contributed by atoms with Crippen molar-refractivity contribution in [2.24, 2.45) is 5.92 Å². The van der Waals surface area contributed by atoms with Gasteiger partial charge >= 0.3 is 0 Å². The molecule has 1 fully saturated rings. The summed E-state index contributed by atoms with van der Waals surface area (Å²) in [6.07, 6.45) is 0. The fraction of sp³-hybridized carbons (Fsp3) is 0.462. The van der Waals surface area contributed by atoms with E-state index in [9.17, 15) is 0 Å². The summed E-state index contributed by atoms with van der Waals surface area (Å²) >= 11 is 1.41. The smallest absolute Gasteiger partial charge is 0.202 e. The van der Waals surface area contributed by atoms with Gasteiger partial charge in [-0.25, -0.2) is 4.98 Å². The predicted octanol–water partition coefficient (Wildman–Crippen LogP) is 1.14. The van der Waals surface area contributed by atoms with Crippen LogP contribution in [0.5, 0.6) is 0 Å². The second-order valence-corrected chi connectivity index (χ2v) is 6.26. The van der Waals surface area contributed by atoms with E-state index in [1.54, 1.807) is 4.52 Å². The van der Waals surface area contributed by atoms with E-state index < -0.39 is 0 Å². The van der Waals surface area contributed by atoms with Crippen LogP contribution in [0.3, 0.4) is 0 Å². The van der Waals surface area contributed by atoms with Gasteiger partial charge in [-0.3, -0.25) is 0 Å². The zero-order valence-electron chi connectivity index (χ0n) is 12.4. The first-order valence-electron chi connectivity index (χ1n) is 7.17. The third-order valence-electron chi connectivity index (χ3n) is 3.76. The zero-order valence-corrected chi connectivity index (χ0v) is 13.2. The van der Waals surface area contributed by atoms with Gasteiger partial charge in [0.25, 0.3) is 0 Å². The van der Waals surface area contributed by atoms with Crippen molar-refractivity contribution in [3.05, 3.63) is 23.8 Å². The Kier molecular flexibility index (Phi) is 3.14. The minimum atomic E-state index is 0.601. The van der Waals surface area contributed by atoms with E-state index in [1.807, 2.05) is 26.0 Å². The topological polar surface area (TPSA) is 84.1 Å². The molecule has 114 valence electrons. The number of rotatable bonds is 4. The third-order valence-corrected chi connectivity index (χ3v) is 4.52. The minimum absolute atomic E-state index is 0.601. The molecule has 0 atom stereocenters. The highest BCUT2D eigenvalue weighted by atomic mass is 32.1. The van der Waals surface area contributed by atoms with Crippen LogP contribution in [0.15, 0.2) is 12.1 Å². The molecule has 0 bridgehead atoms. The lowest BCUT2D eigenvalue weighted by Gasteiger charge is -2.40. The third kappa shape index (κ3) is 2.37. The number of aromatic nitrogens is 6. The molecule has 0 saturated carbocycles.